The van der Waals surface area contributed by atoms with Crippen LogP contribution in [0.1, 0.15) is 201 Å². The number of rotatable bonds is 30. The van der Waals surface area contributed by atoms with Crippen molar-refractivity contribution in [1.82, 2.24) is 9.80 Å². The molecular weight excluding hydrogens is 504 g/mol. The summed E-state index contributed by atoms with van der Waals surface area (Å²) in [6.07, 6.45) is 32.7. The Bertz CT molecular complexity index is 543. The highest BCUT2D eigenvalue weighted by Gasteiger charge is 2.25. The fraction of sp³-hybridized carbons (Fsp3) is 0.946. The van der Waals surface area contributed by atoms with Crippen LogP contribution in [-0.4, -0.2) is 47.8 Å². The van der Waals surface area contributed by atoms with Gasteiger partial charge in [0, 0.05) is 26.2 Å². The average Bonchev–Trinajstić information content (AvgIpc) is 2.97. The van der Waals surface area contributed by atoms with E-state index in [0.29, 0.717) is 0 Å². The molecule has 0 spiro atoms. The lowest BCUT2D eigenvalue weighted by atomic mass is 9.99. The first kappa shape index (κ1) is 39.9. The first-order valence-electron chi connectivity index (χ1n) is 18.4. The summed E-state index contributed by atoms with van der Waals surface area (Å²) in [7, 11) is 3.89. The highest BCUT2D eigenvalue weighted by Crippen LogP contribution is 2.20. The van der Waals surface area contributed by atoms with Gasteiger partial charge in [0.2, 0.25) is 11.8 Å². The van der Waals surface area contributed by atoms with Gasteiger partial charge in [-0.1, -0.05) is 169 Å². The number of amides is 2. The van der Waals surface area contributed by atoms with E-state index in [2.05, 4.69) is 27.7 Å². The maximum Gasteiger partial charge on any atom is 0.232 e. The van der Waals surface area contributed by atoms with E-state index < -0.39 is 0 Å². The van der Waals surface area contributed by atoms with Crippen molar-refractivity contribution in [3.63, 3.8) is 0 Å². The highest BCUT2D eigenvalue weighted by atomic mass is 16.2. The van der Waals surface area contributed by atoms with Gasteiger partial charge in [0.05, 0.1) is 0 Å². The Kier molecular flexibility index (Phi) is 28.3. The summed E-state index contributed by atoms with van der Waals surface area (Å²) in [5.74, 6) is 0.0207. The zero-order valence-electron chi connectivity index (χ0n) is 29.0. The van der Waals surface area contributed by atoms with E-state index in [0.717, 1.165) is 51.4 Å². The molecule has 0 N–H and O–H groups in total. The number of nitrogens with zero attached hydrogens (tertiary/aromatic N) is 2. The molecule has 2 unspecified atom stereocenters. The van der Waals surface area contributed by atoms with E-state index in [9.17, 15) is 9.59 Å². The Labute approximate surface area is 258 Å². The number of hydrogen-bond donors (Lipinski definition) is 0. The maximum atomic E-state index is 13.3. The molecule has 0 aliphatic heterocycles. The van der Waals surface area contributed by atoms with Crippen LogP contribution < -0.4 is 0 Å². The van der Waals surface area contributed by atoms with E-state index >= 15 is 0 Å². The fourth-order valence-corrected chi connectivity index (χ4v) is 6.11. The van der Waals surface area contributed by atoms with Gasteiger partial charge in [-0.2, -0.15) is 0 Å². The minimum Gasteiger partial charge on any atom is -0.342 e. The van der Waals surface area contributed by atoms with Crippen LogP contribution in [0.3, 0.4) is 0 Å². The molecule has 0 bridgehead atoms. The van der Waals surface area contributed by atoms with Crippen molar-refractivity contribution >= 4 is 11.8 Å². The molecule has 2 atom stereocenters. The van der Waals surface area contributed by atoms with Crippen molar-refractivity contribution in [3.05, 3.63) is 0 Å². The minimum atomic E-state index is 0.0104. The molecule has 2 amide bonds. The number of carbonyl (C=O) groups excluding carboxylic acids is 2. The van der Waals surface area contributed by atoms with Crippen molar-refractivity contribution in [2.75, 3.05) is 14.1 Å². The Balaban J connectivity index is 4.62. The number of unbranched alkanes of at least 4 members (excludes halogenated alkanes) is 18. The predicted molar refractivity (Wildman–Crippen MR) is 180 cm³/mol. The summed E-state index contributed by atoms with van der Waals surface area (Å²) < 4.78 is 0. The predicted octanol–water partition coefficient (Wildman–Crippen LogP) is 11.3. The molecule has 0 fully saturated rings. The Morgan fingerprint density at radius 3 is 0.927 bits per heavy atom. The van der Waals surface area contributed by atoms with Gasteiger partial charge in [0.1, 0.15) is 6.42 Å². The quantitative estimate of drug-likeness (QED) is 0.0628. The van der Waals surface area contributed by atoms with Crippen LogP contribution in [0.15, 0.2) is 0 Å². The van der Waals surface area contributed by atoms with Crippen LogP contribution in [0.2, 0.25) is 0 Å². The highest BCUT2D eigenvalue weighted by molar-refractivity contribution is 5.96. The van der Waals surface area contributed by atoms with Gasteiger partial charge in [-0.05, 0) is 25.7 Å². The van der Waals surface area contributed by atoms with E-state index in [1.165, 1.54) is 116 Å². The van der Waals surface area contributed by atoms with E-state index in [1.54, 1.807) is 0 Å². The van der Waals surface area contributed by atoms with Crippen LogP contribution in [0, 0.1) is 0 Å². The van der Waals surface area contributed by atoms with Gasteiger partial charge in [-0.25, -0.2) is 0 Å². The maximum absolute atomic E-state index is 13.3. The standard InChI is InChI=1S/C37H74N2O2/c1-7-11-15-17-19-21-23-25-27-31-34(29-13-9-3)38(5)36(40)33-37(41)39(6)35(30-14-10-4)32-28-26-24-22-20-18-16-12-8-2/h34-35H,7-33H2,1-6H3. The van der Waals surface area contributed by atoms with Crippen molar-refractivity contribution in [2.24, 2.45) is 0 Å². The monoisotopic (exact) mass is 579 g/mol. The lowest BCUT2D eigenvalue weighted by molar-refractivity contribution is -0.141. The molecule has 4 heteroatoms. The molecule has 0 aromatic heterocycles. The Hall–Kier alpha value is -1.06. The van der Waals surface area contributed by atoms with Crippen LogP contribution in [0.5, 0.6) is 0 Å². The van der Waals surface area contributed by atoms with Gasteiger partial charge < -0.3 is 9.80 Å². The van der Waals surface area contributed by atoms with Gasteiger partial charge in [-0.3, -0.25) is 9.59 Å². The second kappa shape index (κ2) is 29.0. The van der Waals surface area contributed by atoms with E-state index in [1.807, 2.05) is 23.9 Å². The fourth-order valence-electron chi connectivity index (χ4n) is 6.11. The molecule has 0 aliphatic carbocycles. The molecule has 0 aromatic carbocycles. The van der Waals surface area contributed by atoms with Crippen LogP contribution >= 0.6 is 0 Å². The van der Waals surface area contributed by atoms with Crippen LogP contribution in [0.4, 0.5) is 0 Å². The molecule has 244 valence electrons. The van der Waals surface area contributed by atoms with Crippen molar-refractivity contribution in [1.29, 1.82) is 0 Å². The first-order valence-corrected chi connectivity index (χ1v) is 18.4. The lowest BCUT2D eigenvalue weighted by Crippen LogP contribution is -2.43. The third-order valence-corrected chi connectivity index (χ3v) is 9.25. The van der Waals surface area contributed by atoms with E-state index in [4.69, 9.17) is 0 Å². The zero-order valence-corrected chi connectivity index (χ0v) is 29.0. The summed E-state index contributed by atoms with van der Waals surface area (Å²) in [4.78, 5) is 30.4. The van der Waals surface area contributed by atoms with Gasteiger partial charge in [0.25, 0.3) is 0 Å². The molecular formula is C37H74N2O2. The normalized spacial score (nSPS) is 12.8. The third-order valence-electron chi connectivity index (χ3n) is 9.25. The molecule has 0 aromatic rings. The molecule has 4 nitrogen and oxygen atoms in total. The summed E-state index contributed by atoms with van der Waals surface area (Å²) >= 11 is 0. The Morgan fingerprint density at radius 2 is 0.634 bits per heavy atom. The minimum absolute atomic E-state index is 0.0104. The van der Waals surface area contributed by atoms with E-state index in [-0.39, 0.29) is 30.3 Å². The van der Waals surface area contributed by atoms with Gasteiger partial charge in [-0.15, -0.1) is 0 Å². The summed E-state index contributed by atoms with van der Waals surface area (Å²) in [5, 5.41) is 0. The van der Waals surface area contributed by atoms with Crippen LogP contribution in [0.25, 0.3) is 0 Å². The smallest absolute Gasteiger partial charge is 0.232 e. The number of hydrogen-bond acceptors (Lipinski definition) is 2. The Morgan fingerprint density at radius 1 is 0.390 bits per heavy atom. The molecule has 0 aliphatic rings. The average molecular weight is 579 g/mol. The molecule has 0 saturated heterocycles. The van der Waals surface area contributed by atoms with Gasteiger partial charge >= 0.3 is 0 Å². The summed E-state index contributed by atoms with van der Waals surface area (Å²) in [6.45, 7) is 8.99. The first-order chi connectivity index (χ1) is 19.9. The zero-order chi connectivity index (χ0) is 30.6. The third kappa shape index (κ3) is 22.2. The molecule has 0 rings (SSSR count). The summed E-state index contributed by atoms with van der Waals surface area (Å²) in [6, 6.07) is 0.533. The molecule has 0 radical (unpaired) electrons. The molecule has 0 heterocycles. The lowest BCUT2D eigenvalue weighted by Gasteiger charge is -2.31. The largest absolute Gasteiger partial charge is 0.342 e. The van der Waals surface area contributed by atoms with Crippen molar-refractivity contribution in [3.8, 4) is 0 Å². The number of carbonyl (C=O) groups is 2. The van der Waals surface area contributed by atoms with Crippen LogP contribution in [-0.2, 0) is 9.59 Å². The molecule has 0 saturated carbocycles. The van der Waals surface area contributed by atoms with Crippen molar-refractivity contribution < 1.29 is 9.59 Å². The topological polar surface area (TPSA) is 40.6 Å². The summed E-state index contributed by atoms with van der Waals surface area (Å²) in [5.41, 5.74) is 0. The molecule has 41 heavy (non-hydrogen) atoms. The SMILES string of the molecule is CCCCCCCCCCCC(CCCC)N(C)C(=O)CC(=O)N(C)C(CCCC)CCCCCCCCCCC. The second-order valence-corrected chi connectivity index (χ2v) is 13.0. The second-order valence-electron chi connectivity index (χ2n) is 13.0. The van der Waals surface area contributed by atoms with Crippen molar-refractivity contribution in [2.45, 2.75) is 213 Å². The van der Waals surface area contributed by atoms with Gasteiger partial charge in [0.15, 0.2) is 0 Å².